The monoisotopic (exact) mass is 366 g/mol. The van der Waals surface area contributed by atoms with Gasteiger partial charge in [0.05, 0.1) is 7.11 Å². The molecule has 1 aliphatic rings. The Hall–Kier alpha value is -2.09. The Bertz CT molecular complexity index is 650. The van der Waals surface area contributed by atoms with Gasteiger partial charge in [-0.1, -0.05) is 0 Å². The first kappa shape index (κ1) is 14.8. The molecule has 1 amide bonds. The van der Waals surface area contributed by atoms with E-state index in [0.717, 1.165) is 5.82 Å². The zero-order valence-corrected chi connectivity index (χ0v) is 13.6. The molecule has 1 aliphatic heterocycles. The number of amides is 1. The predicted molar refractivity (Wildman–Crippen MR) is 83.1 cm³/mol. The fourth-order valence-electron chi connectivity index (χ4n) is 2.31. The minimum atomic E-state index is -0.0915. The molecule has 0 saturated carbocycles. The molecule has 0 N–H and O–H groups in total. The topological polar surface area (TPSA) is 71.7 Å². The van der Waals surface area contributed by atoms with Gasteiger partial charge in [0, 0.05) is 32.2 Å². The van der Waals surface area contributed by atoms with Crippen molar-refractivity contribution >= 4 is 27.7 Å². The van der Waals surface area contributed by atoms with Crippen molar-refractivity contribution in [3.05, 3.63) is 34.7 Å². The van der Waals surface area contributed by atoms with Crippen molar-refractivity contribution in [3.8, 4) is 5.88 Å². The number of rotatable bonds is 3. The van der Waals surface area contributed by atoms with Crippen LogP contribution in [0.1, 0.15) is 10.6 Å². The Kier molecular flexibility index (Phi) is 4.28. The minimum Gasteiger partial charge on any atom is -0.480 e. The van der Waals surface area contributed by atoms with Crippen molar-refractivity contribution in [1.82, 2.24) is 15.1 Å². The molecule has 2 aromatic heterocycles. The molecule has 0 aromatic carbocycles. The molecule has 0 unspecified atom stereocenters. The highest BCUT2D eigenvalue weighted by molar-refractivity contribution is 9.10. The Balaban J connectivity index is 1.61. The smallest absolute Gasteiger partial charge is 0.289 e. The van der Waals surface area contributed by atoms with E-state index in [1.165, 1.54) is 0 Å². The molecule has 3 rings (SSSR count). The molecule has 7 nitrogen and oxygen atoms in total. The highest BCUT2D eigenvalue weighted by atomic mass is 79.9. The van der Waals surface area contributed by atoms with Crippen molar-refractivity contribution in [2.45, 2.75) is 0 Å². The highest BCUT2D eigenvalue weighted by Gasteiger charge is 2.24. The van der Waals surface area contributed by atoms with Gasteiger partial charge < -0.3 is 19.0 Å². The molecule has 0 bridgehead atoms. The van der Waals surface area contributed by atoms with Crippen molar-refractivity contribution in [3.63, 3.8) is 0 Å². The first-order chi connectivity index (χ1) is 10.7. The maximum Gasteiger partial charge on any atom is 0.289 e. The van der Waals surface area contributed by atoms with Gasteiger partial charge in [-0.05, 0) is 34.1 Å². The van der Waals surface area contributed by atoms with Gasteiger partial charge >= 0.3 is 0 Å². The number of piperazine rings is 1. The van der Waals surface area contributed by atoms with Crippen LogP contribution in [0.3, 0.4) is 0 Å². The van der Waals surface area contributed by atoms with Crippen LogP contribution in [0, 0.1) is 0 Å². The second kappa shape index (κ2) is 6.35. The quantitative estimate of drug-likeness (QED) is 0.824. The van der Waals surface area contributed by atoms with Gasteiger partial charge in [0.25, 0.3) is 5.91 Å². The number of hydrogen-bond donors (Lipinski definition) is 0. The van der Waals surface area contributed by atoms with Crippen molar-refractivity contribution < 1.29 is 13.9 Å². The number of aromatic nitrogens is 2. The molecule has 0 atom stereocenters. The second-order valence-corrected chi connectivity index (χ2v) is 5.60. The summed E-state index contributed by atoms with van der Waals surface area (Å²) in [5, 5.41) is 8.09. The van der Waals surface area contributed by atoms with E-state index in [2.05, 4.69) is 31.0 Å². The van der Waals surface area contributed by atoms with E-state index in [1.54, 1.807) is 30.2 Å². The van der Waals surface area contributed by atoms with Crippen LogP contribution in [0.25, 0.3) is 0 Å². The summed E-state index contributed by atoms with van der Waals surface area (Å²) in [5.74, 6) is 1.53. The molecule has 3 heterocycles. The Morgan fingerprint density at radius 2 is 1.95 bits per heavy atom. The molecule has 1 saturated heterocycles. The van der Waals surface area contributed by atoms with Crippen LogP contribution in [0.2, 0.25) is 0 Å². The predicted octanol–water partition coefficient (Wildman–Crippen LogP) is 1.80. The van der Waals surface area contributed by atoms with Crippen LogP contribution in [0.5, 0.6) is 5.88 Å². The summed E-state index contributed by atoms with van der Waals surface area (Å²) in [7, 11) is 1.56. The van der Waals surface area contributed by atoms with E-state index in [-0.39, 0.29) is 5.91 Å². The first-order valence-corrected chi connectivity index (χ1v) is 7.64. The first-order valence-electron chi connectivity index (χ1n) is 6.84. The normalized spacial score (nSPS) is 15.0. The zero-order chi connectivity index (χ0) is 15.5. The Labute approximate surface area is 136 Å². The third-order valence-electron chi connectivity index (χ3n) is 3.51. The average molecular weight is 367 g/mol. The number of anilines is 1. The summed E-state index contributed by atoms with van der Waals surface area (Å²) >= 11 is 3.21. The summed E-state index contributed by atoms with van der Waals surface area (Å²) in [6, 6.07) is 7.04. The van der Waals surface area contributed by atoms with E-state index < -0.39 is 0 Å². The van der Waals surface area contributed by atoms with E-state index >= 15 is 0 Å². The summed E-state index contributed by atoms with van der Waals surface area (Å²) in [6.45, 7) is 2.64. The highest BCUT2D eigenvalue weighted by Crippen LogP contribution is 2.18. The maximum atomic E-state index is 12.3. The molecule has 116 valence electrons. The largest absolute Gasteiger partial charge is 0.480 e. The lowest BCUT2D eigenvalue weighted by Crippen LogP contribution is -2.49. The standard InChI is InChI=1S/C14H15BrN4O3/c1-21-13-5-4-12(16-17-13)18-6-8-19(9-7-18)14(20)10-2-3-11(15)22-10/h2-5H,6-9H2,1H3. The van der Waals surface area contributed by atoms with Gasteiger partial charge in [-0.2, -0.15) is 0 Å². The van der Waals surface area contributed by atoms with E-state index in [4.69, 9.17) is 9.15 Å². The minimum absolute atomic E-state index is 0.0915. The molecule has 0 aliphatic carbocycles. The van der Waals surface area contributed by atoms with Crippen LogP contribution >= 0.6 is 15.9 Å². The zero-order valence-electron chi connectivity index (χ0n) is 12.0. The molecule has 2 aromatic rings. The number of carbonyl (C=O) groups excluding carboxylic acids is 1. The van der Waals surface area contributed by atoms with Gasteiger partial charge in [0.2, 0.25) is 5.88 Å². The fourth-order valence-corrected chi connectivity index (χ4v) is 2.62. The van der Waals surface area contributed by atoms with Crippen LogP contribution in [0.4, 0.5) is 5.82 Å². The molecule has 1 fully saturated rings. The summed E-state index contributed by atoms with van der Waals surface area (Å²) in [4.78, 5) is 16.2. The van der Waals surface area contributed by atoms with Gasteiger partial charge in [0.15, 0.2) is 16.2 Å². The number of hydrogen-bond acceptors (Lipinski definition) is 6. The Morgan fingerprint density at radius 3 is 2.50 bits per heavy atom. The Morgan fingerprint density at radius 1 is 1.18 bits per heavy atom. The van der Waals surface area contributed by atoms with Crippen LogP contribution in [-0.2, 0) is 0 Å². The van der Waals surface area contributed by atoms with Crippen LogP contribution in [0.15, 0.2) is 33.4 Å². The SMILES string of the molecule is COc1ccc(N2CCN(C(=O)c3ccc(Br)o3)CC2)nn1. The summed E-state index contributed by atoms with van der Waals surface area (Å²) in [6.07, 6.45) is 0. The molecular weight excluding hydrogens is 352 g/mol. The molecule has 0 radical (unpaired) electrons. The van der Waals surface area contributed by atoms with Crippen molar-refractivity contribution in [2.24, 2.45) is 0 Å². The lowest BCUT2D eigenvalue weighted by molar-refractivity contribution is 0.0713. The van der Waals surface area contributed by atoms with Gasteiger partial charge in [-0.3, -0.25) is 4.79 Å². The van der Waals surface area contributed by atoms with Crippen molar-refractivity contribution in [1.29, 1.82) is 0 Å². The number of ether oxygens (including phenoxy) is 1. The van der Waals surface area contributed by atoms with E-state index in [9.17, 15) is 4.79 Å². The third-order valence-corrected chi connectivity index (χ3v) is 3.94. The molecule has 0 spiro atoms. The second-order valence-electron chi connectivity index (χ2n) is 4.82. The van der Waals surface area contributed by atoms with Gasteiger partial charge in [0.1, 0.15) is 0 Å². The number of carbonyl (C=O) groups is 1. The van der Waals surface area contributed by atoms with Crippen LogP contribution in [-0.4, -0.2) is 54.3 Å². The number of methoxy groups -OCH3 is 1. The van der Waals surface area contributed by atoms with E-state index in [0.29, 0.717) is 42.5 Å². The number of furan rings is 1. The molecule has 8 heteroatoms. The fraction of sp³-hybridized carbons (Fsp3) is 0.357. The third kappa shape index (κ3) is 3.06. The lowest BCUT2D eigenvalue weighted by atomic mass is 10.3. The summed E-state index contributed by atoms with van der Waals surface area (Å²) < 4.78 is 10.9. The molecule has 22 heavy (non-hydrogen) atoms. The van der Waals surface area contributed by atoms with E-state index in [1.807, 2.05) is 6.07 Å². The van der Waals surface area contributed by atoms with Gasteiger partial charge in [-0.15, -0.1) is 10.2 Å². The maximum absolute atomic E-state index is 12.3. The lowest BCUT2D eigenvalue weighted by Gasteiger charge is -2.34. The van der Waals surface area contributed by atoms with Gasteiger partial charge in [-0.25, -0.2) is 0 Å². The number of nitrogens with zero attached hydrogens (tertiary/aromatic N) is 4. The molecular formula is C14H15BrN4O3. The average Bonchev–Trinajstić information content (AvgIpc) is 3.01. The van der Waals surface area contributed by atoms with Crippen molar-refractivity contribution in [2.75, 3.05) is 38.2 Å². The number of halogens is 1. The van der Waals surface area contributed by atoms with Crippen LogP contribution < -0.4 is 9.64 Å². The summed E-state index contributed by atoms with van der Waals surface area (Å²) in [5.41, 5.74) is 0.